The zero-order chi connectivity index (χ0) is 21.9. The number of hydrogen-bond donors (Lipinski definition) is 0. The Morgan fingerprint density at radius 1 is 0.455 bits per heavy atom. The lowest BCUT2D eigenvalue weighted by Crippen LogP contribution is -1.95. The second-order valence-corrected chi connectivity index (χ2v) is 8.74. The van der Waals surface area contributed by atoms with E-state index in [4.69, 9.17) is 0 Å². The Labute approximate surface area is 191 Å². The van der Waals surface area contributed by atoms with Crippen LogP contribution < -0.4 is 0 Å². The lowest BCUT2D eigenvalue weighted by Gasteiger charge is -2.10. The maximum atomic E-state index is 2.44. The van der Waals surface area contributed by atoms with Gasteiger partial charge in [-0.3, -0.25) is 0 Å². The molecule has 2 heteroatoms. The molecular weight excluding hydrogens is 400 g/mol. The van der Waals surface area contributed by atoms with E-state index in [9.17, 15) is 0 Å². The van der Waals surface area contributed by atoms with Crippen molar-refractivity contribution in [3.8, 4) is 11.4 Å². The van der Waals surface area contributed by atoms with E-state index in [1.807, 2.05) is 0 Å². The smallest absolute Gasteiger partial charge is 0.0641 e. The first-order valence-electron chi connectivity index (χ1n) is 11.4. The number of benzene rings is 5. The summed E-state index contributed by atoms with van der Waals surface area (Å²) in [6, 6.07) is 41.6. The Morgan fingerprint density at radius 2 is 1.06 bits per heavy atom. The van der Waals surface area contributed by atoms with E-state index in [-0.39, 0.29) is 0 Å². The zero-order valence-corrected chi connectivity index (χ0v) is 18.4. The fourth-order valence-corrected chi connectivity index (χ4v) is 5.37. The van der Waals surface area contributed by atoms with Gasteiger partial charge in [0.1, 0.15) is 0 Å². The molecule has 0 saturated carbocycles. The van der Waals surface area contributed by atoms with Crippen molar-refractivity contribution >= 4 is 43.6 Å². The number of aromatic nitrogens is 2. The highest BCUT2D eigenvalue weighted by molar-refractivity contribution is 6.26. The minimum Gasteiger partial charge on any atom is -0.309 e. The Bertz CT molecular complexity index is 1800. The Kier molecular flexibility index (Phi) is 3.80. The summed E-state index contributed by atoms with van der Waals surface area (Å²) in [5, 5.41) is 5.16. The lowest BCUT2D eigenvalue weighted by molar-refractivity contribution is 1.17. The Morgan fingerprint density at radius 3 is 1.82 bits per heavy atom. The fourth-order valence-electron chi connectivity index (χ4n) is 5.37. The zero-order valence-electron chi connectivity index (χ0n) is 18.4. The molecule has 156 valence electrons. The van der Waals surface area contributed by atoms with Crippen LogP contribution in [0.1, 0.15) is 5.56 Å². The van der Waals surface area contributed by atoms with Crippen molar-refractivity contribution in [1.82, 2.24) is 9.13 Å². The molecule has 0 radical (unpaired) electrons. The van der Waals surface area contributed by atoms with Crippen LogP contribution in [-0.2, 0) is 0 Å². The summed E-state index contributed by atoms with van der Waals surface area (Å²) < 4.78 is 4.83. The van der Waals surface area contributed by atoms with E-state index >= 15 is 0 Å². The number of hydrogen-bond acceptors (Lipinski definition) is 0. The van der Waals surface area contributed by atoms with E-state index in [1.54, 1.807) is 0 Å². The third kappa shape index (κ3) is 2.55. The summed E-state index contributed by atoms with van der Waals surface area (Å²) in [6.07, 6.45) is 0. The first kappa shape index (κ1) is 18.3. The highest BCUT2D eigenvalue weighted by Crippen LogP contribution is 2.41. The summed E-state index contributed by atoms with van der Waals surface area (Å²) in [4.78, 5) is 0. The largest absolute Gasteiger partial charge is 0.309 e. The maximum absolute atomic E-state index is 2.44. The summed E-state index contributed by atoms with van der Waals surface area (Å²) in [5.41, 5.74) is 8.61. The van der Waals surface area contributed by atoms with Crippen LogP contribution in [0.3, 0.4) is 0 Å². The van der Waals surface area contributed by atoms with Crippen LogP contribution in [0.2, 0.25) is 0 Å². The SMILES string of the molecule is Cc1ccc2c(c1)c1ccc3c(c4ccccc4n3-c3ccccc3)c1n2-c1ccccc1. The summed E-state index contributed by atoms with van der Waals surface area (Å²) in [7, 11) is 0. The number of aryl methyl sites for hydroxylation is 1. The molecule has 7 aromatic rings. The minimum absolute atomic E-state index is 1.18. The van der Waals surface area contributed by atoms with Crippen molar-refractivity contribution in [2.45, 2.75) is 6.92 Å². The van der Waals surface area contributed by atoms with Crippen LogP contribution in [0.25, 0.3) is 55.0 Å². The fraction of sp³-hybridized carbons (Fsp3) is 0.0323. The van der Waals surface area contributed by atoms with Crippen LogP contribution >= 0.6 is 0 Å². The summed E-state index contributed by atoms with van der Waals surface area (Å²) in [6.45, 7) is 2.17. The number of para-hydroxylation sites is 3. The molecule has 2 nitrogen and oxygen atoms in total. The molecule has 0 aliphatic rings. The molecule has 0 saturated heterocycles. The normalized spacial score (nSPS) is 11.8. The lowest BCUT2D eigenvalue weighted by atomic mass is 10.1. The molecular formula is C31H22N2. The topological polar surface area (TPSA) is 9.86 Å². The van der Waals surface area contributed by atoms with Gasteiger partial charge in [0.2, 0.25) is 0 Å². The molecule has 0 bridgehead atoms. The molecule has 0 amide bonds. The predicted octanol–water partition coefficient (Wildman–Crippen LogP) is 8.19. The van der Waals surface area contributed by atoms with Crippen molar-refractivity contribution in [2.75, 3.05) is 0 Å². The van der Waals surface area contributed by atoms with E-state index < -0.39 is 0 Å². The summed E-state index contributed by atoms with van der Waals surface area (Å²) >= 11 is 0. The van der Waals surface area contributed by atoms with Crippen molar-refractivity contribution in [3.05, 3.63) is 121 Å². The van der Waals surface area contributed by atoms with E-state index in [2.05, 4.69) is 131 Å². The van der Waals surface area contributed by atoms with Crippen LogP contribution in [0.15, 0.2) is 115 Å². The highest BCUT2D eigenvalue weighted by atomic mass is 15.0. The van der Waals surface area contributed by atoms with E-state index in [0.29, 0.717) is 0 Å². The van der Waals surface area contributed by atoms with Gasteiger partial charge >= 0.3 is 0 Å². The van der Waals surface area contributed by atoms with Gasteiger partial charge in [-0.2, -0.15) is 0 Å². The molecule has 0 fully saturated rings. The van der Waals surface area contributed by atoms with Gasteiger partial charge in [0.05, 0.1) is 22.1 Å². The molecule has 0 N–H and O–H groups in total. The van der Waals surface area contributed by atoms with Crippen molar-refractivity contribution in [2.24, 2.45) is 0 Å². The number of rotatable bonds is 2. The second kappa shape index (κ2) is 6.85. The monoisotopic (exact) mass is 422 g/mol. The van der Waals surface area contributed by atoms with Gasteiger partial charge in [-0.25, -0.2) is 0 Å². The minimum atomic E-state index is 1.18. The average Bonchev–Trinajstić information content (AvgIpc) is 3.37. The molecule has 0 unspecified atom stereocenters. The maximum Gasteiger partial charge on any atom is 0.0641 e. The standard InChI is InChI=1S/C31H22N2/c1-21-16-18-28-26(20-21)24-17-19-29-30(31(24)33(28)23-12-6-3-7-13-23)25-14-8-9-15-27(25)32(29)22-10-4-2-5-11-22/h2-20H,1H3. The average molecular weight is 423 g/mol. The molecule has 2 heterocycles. The number of fused-ring (bicyclic) bond motifs is 7. The Balaban J connectivity index is 1.77. The molecule has 5 aromatic carbocycles. The molecule has 0 aliphatic heterocycles. The van der Waals surface area contributed by atoms with E-state index in [0.717, 1.165) is 0 Å². The molecule has 2 aromatic heterocycles. The summed E-state index contributed by atoms with van der Waals surface area (Å²) in [5.74, 6) is 0. The predicted molar refractivity (Wildman–Crippen MR) is 140 cm³/mol. The molecule has 0 spiro atoms. The van der Waals surface area contributed by atoms with Gasteiger partial charge in [-0.15, -0.1) is 0 Å². The van der Waals surface area contributed by atoms with Crippen molar-refractivity contribution < 1.29 is 0 Å². The molecule has 0 atom stereocenters. The van der Waals surface area contributed by atoms with Crippen molar-refractivity contribution in [1.29, 1.82) is 0 Å². The number of nitrogens with zero attached hydrogens (tertiary/aromatic N) is 2. The molecule has 0 aliphatic carbocycles. The Hall–Kier alpha value is -4.30. The first-order chi connectivity index (χ1) is 16.3. The van der Waals surface area contributed by atoms with Gasteiger partial charge in [-0.1, -0.05) is 72.3 Å². The van der Waals surface area contributed by atoms with Gasteiger partial charge in [0.25, 0.3) is 0 Å². The van der Waals surface area contributed by atoms with E-state index in [1.165, 1.54) is 60.5 Å². The van der Waals surface area contributed by atoms with Crippen molar-refractivity contribution in [3.63, 3.8) is 0 Å². The third-order valence-corrected chi connectivity index (χ3v) is 6.75. The molecule has 33 heavy (non-hydrogen) atoms. The van der Waals surface area contributed by atoms with Crippen LogP contribution in [0, 0.1) is 6.92 Å². The highest BCUT2D eigenvalue weighted by Gasteiger charge is 2.20. The first-order valence-corrected chi connectivity index (χ1v) is 11.4. The molecule has 7 rings (SSSR count). The van der Waals surface area contributed by atoms with Crippen LogP contribution in [-0.4, -0.2) is 9.13 Å². The second-order valence-electron chi connectivity index (χ2n) is 8.74. The third-order valence-electron chi connectivity index (χ3n) is 6.75. The van der Waals surface area contributed by atoms with Gasteiger partial charge in [-0.05, 0) is 55.5 Å². The quantitative estimate of drug-likeness (QED) is 0.266. The van der Waals surface area contributed by atoms with Gasteiger partial charge in [0.15, 0.2) is 0 Å². The van der Waals surface area contributed by atoms with Crippen LogP contribution in [0.4, 0.5) is 0 Å². The van der Waals surface area contributed by atoms with Gasteiger partial charge in [0, 0.05) is 32.9 Å². The van der Waals surface area contributed by atoms with Gasteiger partial charge < -0.3 is 9.13 Å². The van der Waals surface area contributed by atoms with Crippen LogP contribution in [0.5, 0.6) is 0 Å².